The van der Waals surface area contributed by atoms with Crippen LogP contribution < -0.4 is 5.32 Å². The number of benzene rings is 1. The first-order valence-electron chi connectivity index (χ1n) is 7.41. The van der Waals surface area contributed by atoms with Gasteiger partial charge in [0.25, 0.3) is 5.89 Å². The molecule has 1 amide bonds. The first-order chi connectivity index (χ1) is 11.2. The largest absolute Gasteiger partial charge is 0.412 e. The average molecular weight is 320 g/mol. The van der Waals surface area contributed by atoms with Gasteiger partial charge in [0.15, 0.2) is 0 Å². The van der Waals surface area contributed by atoms with Crippen molar-refractivity contribution in [1.29, 1.82) is 0 Å². The Balaban J connectivity index is 1.55. The number of carbonyl (C=O) groups excluding carboxylic acids is 1. The Labute approximate surface area is 132 Å². The van der Waals surface area contributed by atoms with Gasteiger partial charge >= 0.3 is 11.8 Å². The van der Waals surface area contributed by atoms with Gasteiger partial charge in [-0.25, -0.2) is 4.39 Å². The van der Waals surface area contributed by atoms with E-state index in [9.17, 15) is 9.18 Å². The van der Waals surface area contributed by atoms with Crippen molar-refractivity contribution in [3.05, 3.63) is 36.0 Å². The summed E-state index contributed by atoms with van der Waals surface area (Å²) in [5.74, 6) is -1.13. The van der Waals surface area contributed by atoms with Crippen LogP contribution in [-0.4, -0.2) is 60.4 Å². The van der Waals surface area contributed by atoms with Gasteiger partial charge in [0.1, 0.15) is 5.82 Å². The Hall–Kier alpha value is -2.32. The van der Waals surface area contributed by atoms with Gasteiger partial charge < -0.3 is 14.5 Å². The number of halogens is 1. The van der Waals surface area contributed by atoms with Gasteiger partial charge in [0, 0.05) is 26.2 Å². The number of hydrogen-bond donors (Lipinski definition) is 1. The van der Waals surface area contributed by atoms with Crippen LogP contribution in [0.25, 0.3) is 11.5 Å². The van der Waals surface area contributed by atoms with Crippen molar-refractivity contribution >= 4 is 5.91 Å². The predicted octanol–water partition coefficient (Wildman–Crippen LogP) is 0.938. The summed E-state index contributed by atoms with van der Waals surface area (Å²) in [7, 11) is 0. The van der Waals surface area contributed by atoms with Crippen LogP contribution in [0.15, 0.2) is 28.7 Å². The SMILES string of the molecule is O=C(NCCN1CCOCC1)c1nnc(-c2ccccc2F)o1. The highest BCUT2D eigenvalue weighted by Crippen LogP contribution is 2.20. The molecule has 1 fully saturated rings. The molecule has 3 rings (SSSR count). The van der Waals surface area contributed by atoms with Gasteiger partial charge in [-0.1, -0.05) is 12.1 Å². The van der Waals surface area contributed by atoms with Crippen LogP contribution in [0.2, 0.25) is 0 Å². The van der Waals surface area contributed by atoms with E-state index in [0.29, 0.717) is 19.8 Å². The van der Waals surface area contributed by atoms with Crippen LogP contribution in [0.4, 0.5) is 4.39 Å². The number of morpholine rings is 1. The number of nitrogens with zero attached hydrogens (tertiary/aromatic N) is 3. The van der Waals surface area contributed by atoms with Crippen molar-refractivity contribution in [2.45, 2.75) is 0 Å². The molecule has 0 saturated carbocycles. The Morgan fingerprint density at radius 3 is 2.83 bits per heavy atom. The van der Waals surface area contributed by atoms with Crippen LogP contribution in [0.3, 0.4) is 0 Å². The summed E-state index contributed by atoms with van der Waals surface area (Å²) in [6.45, 7) is 4.33. The van der Waals surface area contributed by atoms with Crippen molar-refractivity contribution in [1.82, 2.24) is 20.4 Å². The molecule has 0 atom stereocenters. The summed E-state index contributed by atoms with van der Waals surface area (Å²) in [5, 5.41) is 10.1. The van der Waals surface area contributed by atoms with Gasteiger partial charge in [-0.3, -0.25) is 9.69 Å². The predicted molar refractivity (Wildman–Crippen MR) is 79.3 cm³/mol. The van der Waals surface area contributed by atoms with Crippen LogP contribution in [0.1, 0.15) is 10.7 Å². The van der Waals surface area contributed by atoms with E-state index in [1.165, 1.54) is 12.1 Å². The lowest BCUT2D eigenvalue weighted by atomic mass is 10.2. The first-order valence-corrected chi connectivity index (χ1v) is 7.41. The second kappa shape index (κ2) is 7.30. The first kappa shape index (κ1) is 15.6. The molecule has 7 nitrogen and oxygen atoms in total. The van der Waals surface area contributed by atoms with Crippen molar-refractivity contribution in [3.8, 4) is 11.5 Å². The zero-order valence-electron chi connectivity index (χ0n) is 12.5. The lowest BCUT2D eigenvalue weighted by molar-refractivity contribution is 0.0382. The van der Waals surface area contributed by atoms with Gasteiger partial charge in [0.2, 0.25) is 0 Å². The summed E-state index contributed by atoms with van der Waals surface area (Å²) >= 11 is 0. The zero-order chi connectivity index (χ0) is 16.1. The maximum absolute atomic E-state index is 13.7. The molecule has 1 aromatic carbocycles. The fourth-order valence-corrected chi connectivity index (χ4v) is 2.29. The molecular formula is C15H17FN4O3. The maximum Gasteiger partial charge on any atom is 0.308 e. The number of hydrogen-bond acceptors (Lipinski definition) is 6. The fraction of sp³-hybridized carbons (Fsp3) is 0.400. The second-order valence-corrected chi connectivity index (χ2v) is 5.10. The van der Waals surface area contributed by atoms with E-state index in [4.69, 9.17) is 9.15 Å². The van der Waals surface area contributed by atoms with E-state index < -0.39 is 11.7 Å². The molecule has 2 aromatic rings. The minimum Gasteiger partial charge on any atom is -0.412 e. The van der Waals surface area contributed by atoms with E-state index in [-0.39, 0.29) is 17.3 Å². The Morgan fingerprint density at radius 2 is 2.04 bits per heavy atom. The molecule has 0 radical (unpaired) electrons. The van der Waals surface area contributed by atoms with Crippen molar-refractivity contribution < 1.29 is 18.3 Å². The number of nitrogens with one attached hydrogen (secondary N) is 1. The lowest BCUT2D eigenvalue weighted by Crippen LogP contribution is -2.41. The van der Waals surface area contributed by atoms with Crippen molar-refractivity contribution in [2.24, 2.45) is 0 Å². The molecule has 122 valence electrons. The third kappa shape index (κ3) is 3.91. The summed E-state index contributed by atoms with van der Waals surface area (Å²) in [4.78, 5) is 14.2. The number of amides is 1. The van der Waals surface area contributed by atoms with Gasteiger partial charge in [-0.2, -0.15) is 0 Å². The van der Waals surface area contributed by atoms with Crippen LogP contribution >= 0.6 is 0 Å². The van der Waals surface area contributed by atoms with E-state index >= 15 is 0 Å². The molecule has 0 unspecified atom stereocenters. The number of rotatable bonds is 5. The highest BCUT2D eigenvalue weighted by atomic mass is 19.1. The summed E-state index contributed by atoms with van der Waals surface area (Å²) in [6, 6.07) is 6.03. The minimum atomic E-state index is -0.476. The van der Waals surface area contributed by atoms with Crippen LogP contribution in [-0.2, 0) is 4.74 Å². The highest BCUT2D eigenvalue weighted by Gasteiger charge is 2.18. The molecule has 1 N–H and O–H groups in total. The number of carbonyl (C=O) groups is 1. The van der Waals surface area contributed by atoms with Gasteiger partial charge in [0.05, 0.1) is 18.8 Å². The molecule has 8 heteroatoms. The van der Waals surface area contributed by atoms with Gasteiger partial charge in [-0.15, -0.1) is 10.2 Å². The van der Waals surface area contributed by atoms with Crippen molar-refractivity contribution in [3.63, 3.8) is 0 Å². The lowest BCUT2D eigenvalue weighted by Gasteiger charge is -2.26. The van der Waals surface area contributed by atoms with Crippen LogP contribution in [0.5, 0.6) is 0 Å². The Kier molecular flexibility index (Phi) is 4.94. The molecule has 1 aliphatic rings. The average Bonchev–Trinajstić information content (AvgIpc) is 3.06. The third-order valence-corrected chi connectivity index (χ3v) is 3.54. The monoisotopic (exact) mass is 320 g/mol. The molecule has 2 heterocycles. The van der Waals surface area contributed by atoms with E-state index in [1.54, 1.807) is 12.1 Å². The summed E-state index contributed by atoms with van der Waals surface area (Å²) in [5.41, 5.74) is 0.173. The fourth-order valence-electron chi connectivity index (χ4n) is 2.29. The topological polar surface area (TPSA) is 80.5 Å². The normalized spacial score (nSPS) is 15.5. The van der Waals surface area contributed by atoms with E-state index in [2.05, 4.69) is 20.4 Å². The van der Waals surface area contributed by atoms with Gasteiger partial charge in [-0.05, 0) is 12.1 Å². The quantitative estimate of drug-likeness (QED) is 0.883. The summed E-state index contributed by atoms with van der Waals surface area (Å²) in [6.07, 6.45) is 0. The van der Waals surface area contributed by atoms with E-state index in [0.717, 1.165) is 19.6 Å². The number of ether oxygens (including phenoxy) is 1. The standard InChI is InChI=1S/C15H17FN4O3/c16-12-4-2-1-3-11(12)14-18-19-15(23-14)13(21)17-5-6-20-7-9-22-10-8-20/h1-4H,5-10H2,(H,17,21). The molecule has 0 aliphatic carbocycles. The maximum atomic E-state index is 13.7. The van der Waals surface area contributed by atoms with E-state index in [1.807, 2.05) is 0 Å². The molecule has 23 heavy (non-hydrogen) atoms. The molecule has 1 aliphatic heterocycles. The second-order valence-electron chi connectivity index (χ2n) is 5.10. The molecule has 0 spiro atoms. The molecular weight excluding hydrogens is 303 g/mol. The van der Waals surface area contributed by atoms with Crippen molar-refractivity contribution in [2.75, 3.05) is 39.4 Å². The molecule has 0 bridgehead atoms. The molecule has 1 saturated heterocycles. The summed E-state index contributed by atoms with van der Waals surface area (Å²) < 4.78 is 24.2. The molecule has 1 aromatic heterocycles. The highest BCUT2D eigenvalue weighted by molar-refractivity contribution is 5.89. The number of aromatic nitrogens is 2. The third-order valence-electron chi connectivity index (χ3n) is 3.54. The Bertz CT molecular complexity index is 670. The Morgan fingerprint density at radius 1 is 1.26 bits per heavy atom. The zero-order valence-corrected chi connectivity index (χ0v) is 12.5. The minimum absolute atomic E-state index is 0.0126. The smallest absolute Gasteiger partial charge is 0.308 e. The van der Waals surface area contributed by atoms with Crippen LogP contribution in [0, 0.1) is 5.82 Å².